The molecule has 0 N–H and O–H groups in total. The Labute approximate surface area is 127 Å². The van der Waals surface area contributed by atoms with Crippen molar-refractivity contribution in [2.24, 2.45) is 5.92 Å². The normalized spacial score (nSPS) is 12.5. The third-order valence-corrected chi connectivity index (χ3v) is 2.22. The number of rotatable bonds is 8. The Morgan fingerprint density at radius 1 is 0.957 bits per heavy atom. The number of allylic oxidation sites excluding steroid dienone is 3. The van der Waals surface area contributed by atoms with Crippen molar-refractivity contribution < 1.29 is 45.4 Å². The van der Waals surface area contributed by atoms with E-state index < -0.39 is 43.4 Å². The third-order valence-electron chi connectivity index (χ3n) is 2.22. The lowest BCUT2D eigenvalue weighted by molar-refractivity contribution is -0.199. The molecule has 0 radical (unpaired) electrons. The highest BCUT2D eigenvalue weighted by atomic mass is 19.4. The first-order valence-electron chi connectivity index (χ1n) is 6.20. The second-order valence-electron chi connectivity index (χ2n) is 4.24. The molecule has 0 aromatic carbocycles. The molecule has 10 heteroatoms. The zero-order valence-electron chi connectivity index (χ0n) is 11.7. The van der Waals surface area contributed by atoms with E-state index in [1.165, 1.54) is 18.2 Å². The minimum atomic E-state index is -4.82. The average Bonchev–Trinajstić information content (AvgIpc) is 2.41. The Balaban J connectivity index is 4.77. The van der Waals surface area contributed by atoms with Gasteiger partial charge in [-0.05, 0) is 12.8 Å². The van der Waals surface area contributed by atoms with Gasteiger partial charge in [-0.3, -0.25) is 9.59 Å². The van der Waals surface area contributed by atoms with Crippen molar-refractivity contribution in [2.75, 3.05) is 13.2 Å². The standard InChI is InChI=1S/C13H14F6O4/c1-2-3-4-5-6-9(10(20)22-7-12(14,15)16)11(21)23-8-13(17,18)19/h2-4,9H,1,5-8H2/b4-3+. The summed E-state index contributed by atoms with van der Waals surface area (Å²) in [5.41, 5.74) is 0. The molecule has 0 heterocycles. The summed E-state index contributed by atoms with van der Waals surface area (Å²) >= 11 is 0. The van der Waals surface area contributed by atoms with E-state index in [0.717, 1.165) is 0 Å². The van der Waals surface area contributed by atoms with Crippen LogP contribution in [0.25, 0.3) is 0 Å². The van der Waals surface area contributed by atoms with Crippen LogP contribution >= 0.6 is 0 Å². The summed E-state index contributed by atoms with van der Waals surface area (Å²) in [7, 11) is 0. The van der Waals surface area contributed by atoms with Gasteiger partial charge in [0.1, 0.15) is 0 Å². The molecular weight excluding hydrogens is 334 g/mol. The van der Waals surface area contributed by atoms with E-state index in [0.29, 0.717) is 0 Å². The fourth-order valence-corrected chi connectivity index (χ4v) is 1.29. The molecule has 132 valence electrons. The van der Waals surface area contributed by atoms with Gasteiger partial charge in [0.05, 0.1) is 0 Å². The first kappa shape index (κ1) is 21.0. The number of carbonyl (C=O) groups excluding carboxylic acids is 2. The predicted octanol–water partition coefficient (Wildman–Crippen LogP) is 3.34. The molecule has 0 spiro atoms. The molecule has 0 aliphatic heterocycles. The highest BCUT2D eigenvalue weighted by Crippen LogP contribution is 2.20. The molecule has 0 bridgehead atoms. The lowest BCUT2D eigenvalue weighted by Gasteiger charge is -2.16. The first-order valence-corrected chi connectivity index (χ1v) is 6.20. The van der Waals surface area contributed by atoms with Gasteiger partial charge >= 0.3 is 24.3 Å². The maximum atomic E-state index is 12.0. The second kappa shape index (κ2) is 9.21. The van der Waals surface area contributed by atoms with E-state index in [2.05, 4.69) is 16.1 Å². The monoisotopic (exact) mass is 348 g/mol. The van der Waals surface area contributed by atoms with Crippen LogP contribution in [0.4, 0.5) is 26.3 Å². The maximum Gasteiger partial charge on any atom is 0.422 e. The van der Waals surface area contributed by atoms with Crippen molar-refractivity contribution in [1.82, 2.24) is 0 Å². The number of ether oxygens (including phenoxy) is 2. The van der Waals surface area contributed by atoms with Crippen LogP contribution in [0.1, 0.15) is 12.8 Å². The molecule has 0 aromatic heterocycles. The molecule has 0 rings (SSSR count). The summed E-state index contributed by atoms with van der Waals surface area (Å²) in [5, 5.41) is 0. The maximum absolute atomic E-state index is 12.0. The first-order chi connectivity index (χ1) is 10.5. The summed E-state index contributed by atoms with van der Waals surface area (Å²) in [5.74, 6) is -5.07. The Morgan fingerprint density at radius 3 is 1.74 bits per heavy atom. The Kier molecular flexibility index (Phi) is 8.41. The molecule has 0 unspecified atom stereocenters. The molecule has 0 amide bonds. The Hall–Kier alpha value is -2.00. The molecule has 0 saturated heterocycles. The van der Waals surface area contributed by atoms with E-state index in [4.69, 9.17) is 0 Å². The number of alkyl halides is 6. The molecule has 0 fully saturated rings. The van der Waals surface area contributed by atoms with Crippen molar-refractivity contribution in [3.8, 4) is 0 Å². The Bertz CT molecular complexity index is 409. The van der Waals surface area contributed by atoms with Crippen LogP contribution < -0.4 is 0 Å². The van der Waals surface area contributed by atoms with Gasteiger partial charge in [0.25, 0.3) is 0 Å². The zero-order valence-corrected chi connectivity index (χ0v) is 11.7. The molecule has 0 aliphatic carbocycles. The van der Waals surface area contributed by atoms with Crippen LogP contribution in [0.3, 0.4) is 0 Å². The fourth-order valence-electron chi connectivity index (χ4n) is 1.29. The van der Waals surface area contributed by atoms with Crippen LogP contribution in [0.2, 0.25) is 0 Å². The lowest BCUT2D eigenvalue weighted by atomic mass is 10.0. The smallest absolute Gasteiger partial charge is 0.422 e. The summed E-state index contributed by atoms with van der Waals surface area (Å²) < 4.78 is 79.6. The third kappa shape index (κ3) is 11.2. The minimum absolute atomic E-state index is 0.0267. The molecule has 0 atom stereocenters. The highest BCUT2D eigenvalue weighted by molar-refractivity contribution is 5.94. The van der Waals surface area contributed by atoms with Gasteiger partial charge in [0, 0.05) is 0 Å². The van der Waals surface area contributed by atoms with Gasteiger partial charge in [0.15, 0.2) is 19.1 Å². The van der Waals surface area contributed by atoms with Crippen molar-refractivity contribution in [1.29, 1.82) is 0 Å². The molecule has 0 aliphatic rings. The van der Waals surface area contributed by atoms with Crippen molar-refractivity contribution in [3.05, 3.63) is 24.8 Å². The zero-order chi connectivity index (χ0) is 18.1. The number of carbonyl (C=O) groups is 2. The van der Waals surface area contributed by atoms with Crippen molar-refractivity contribution in [2.45, 2.75) is 25.2 Å². The van der Waals surface area contributed by atoms with Gasteiger partial charge in [-0.25, -0.2) is 0 Å². The fraction of sp³-hybridized carbons (Fsp3) is 0.538. The van der Waals surface area contributed by atoms with Gasteiger partial charge in [-0.15, -0.1) is 0 Å². The molecule has 23 heavy (non-hydrogen) atoms. The van der Waals surface area contributed by atoms with E-state index >= 15 is 0 Å². The summed E-state index contributed by atoms with van der Waals surface area (Å²) in [6.45, 7) is -0.554. The molecule has 4 nitrogen and oxygen atoms in total. The average molecular weight is 348 g/mol. The minimum Gasteiger partial charge on any atom is -0.455 e. The van der Waals surface area contributed by atoms with Crippen molar-refractivity contribution in [3.63, 3.8) is 0 Å². The molecule has 0 saturated carbocycles. The number of halogens is 6. The van der Waals surface area contributed by atoms with Crippen LogP contribution in [0.5, 0.6) is 0 Å². The predicted molar refractivity (Wildman–Crippen MR) is 66.1 cm³/mol. The Morgan fingerprint density at radius 2 is 1.39 bits per heavy atom. The number of hydrogen-bond acceptors (Lipinski definition) is 4. The van der Waals surface area contributed by atoms with E-state index in [1.54, 1.807) is 0 Å². The highest BCUT2D eigenvalue weighted by Gasteiger charge is 2.37. The SMILES string of the molecule is C=C/C=C/CCC(C(=O)OCC(F)(F)F)C(=O)OCC(F)(F)F. The van der Waals surface area contributed by atoms with Gasteiger partial charge in [-0.1, -0.05) is 24.8 Å². The topological polar surface area (TPSA) is 52.6 Å². The van der Waals surface area contributed by atoms with E-state index in [1.807, 2.05) is 0 Å². The van der Waals surface area contributed by atoms with E-state index in [9.17, 15) is 35.9 Å². The lowest BCUT2D eigenvalue weighted by Crippen LogP contribution is -2.33. The largest absolute Gasteiger partial charge is 0.455 e. The summed E-state index contributed by atoms with van der Waals surface area (Å²) in [6, 6.07) is 0. The summed E-state index contributed by atoms with van der Waals surface area (Å²) in [4.78, 5) is 22.9. The van der Waals surface area contributed by atoms with Crippen molar-refractivity contribution >= 4 is 11.9 Å². The van der Waals surface area contributed by atoms with Crippen LogP contribution in [0, 0.1) is 5.92 Å². The second-order valence-corrected chi connectivity index (χ2v) is 4.24. The van der Waals surface area contributed by atoms with Crippen LogP contribution in [-0.4, -0.2) is 37.5 Å². The number of esters is 2. The van der Waals surface area contributed by atoms with Gasteiger partial charge < -0.3 is 9.47 Å². The molecular formula is C13H14F6O4. The van der Waals surface area contributed by atoms with Crippen LogP contribution in [-0.2, 0) is 19.1 Å². The van der Waals surface area contributed by atoms with Gasteiger partial charge in [-0.2, -0.15) is 26.3 Å². The molecule has 0 aromatic rings. The van der Waals surface area contributed by atoms with Crippen LogP contribution in [0.15, 0.2) is 24.8 Å². The van der Waals surface area contributed by atoms with Gasteiger partial charge in [0.2, 0.25) is 0 Å². The van der Waals surface area contributed by atoms with E-state index in [-0.39, 0.29) is 12.8 Å². The quantitative estimate of drug-likeness (QED) is 0.292. The number of hydrogen-bond donors (Lipinski definition) is 0. The summed E-state index contributed by atoms with van der Waals surface area (Å²) in [6.07, 6.45) is -5.76.